The Kier molecular flexibility index (Phi) is 71.8. The number of amides is 1. The summed E-state index contributed by atoms with van der Waals surface area (Å²) < 4.78 is 5.50. The van der Waals surface area contributed by atoms with E-state index in [0.717, 1.165) is 38.5 Å². The molecule has 6 heteroatoms. The number of hydrogen-bond donors (Lipinski definition) is 3. The molecule has 0 aliphatic heterocycles. The summed E-state index contributed by atoms with van der Waals surface area (Å²) in [6, 6.07) is -0.623. The molecule has 0 aromatic heterocycles. The van der Waals surface area contributed by atoms with Crippen molar-refractivity contribution >= 4 is 11.9 Å². The zero-order valence-corrected chi connectivity index (χ0v) is 56.7. The number of carbonyl (C=O) groups excluding carboxylic acids is 2. The van der Waals surface area contributed by atoms with E-state index in [9.17, 15) is 19.8 Å². The Morgan fingerprint density at radius 2 is 0.554 bits per heavy atom. The van der Waals surface area contributed by atoms with E-state index in [1.807, 2.05) is 6.08 Å². The summed E-state index contributed by atoms with van der Waals surface area (Å²) in [6.45, 7) is 4.95. The van der Waals surface area contributed by atoms with Crippen molar-refractivity contribution in [2.75, 3.05) is 13.2 Å². The second-order valence-electron chi connectivity index (χ2n) is 26.7. The normalized spacial score (nSPS) is 12.5. The fourth-order valence-corrected chi connectivity index (χ4v) is 12.5. The first-order chi connectivity index (χ1) is 41.0. The van der Waals surface area contributed by atoms with Crippen molar-refractivity contribution in [2.24, 2.45) is 0 Å². The van der Waals surface area contributed by atoms with E-state index in [4.69, 9.17) is 4.74 Å². The Morgan fingerprint density at radius 3 is 0.819 bits per heavy atom. The van der Waals surface area contributed by atoms with Crippen molar-refractivity contribution in [3.63, 3.8) is 0 Å². The lowest BCUT2D eigenvalue weighted by Crippen LogP contribution is -2.45. The Labute approximate surface area is 520 Å². The van der Waals surface area contributed by atoms with E-state index in [1.165, 1.54) is 379 Å². The number of nitrogens with one attached hydrogen (secondary N) is 1. The third kappa shape index (κ3) is 69.6. The highest BCUT2D eigenvalue weighted by molar-refractivity contribution is 5.76. The second kappa shape index (κ2) is 73.1. The van der Waals surface area contributed by atoms with E-state index in [2.05, 4.69) is 19.2 Å². The van der Waals surface area contributed by atoms with E-state index in [-0.39, 0.29) is 18.5 Å². The lowest BCUT2D eigenvalue weighted by molar-refractivity contribution is -0.143. The van der Waals surface area contributed by atoms with Crippen LogP contribution in [0, 0.1) is 0 Å². The molecule has 1 amide bonds. The molecule has 2 atom stereocenters. The molecule has 0 aromatic rings. The van der Waals surface area contributed by atoms with Gasteiger partial charge in [0.15, 0.2) is 0 Å². The highest BCUT2D eigenvalue weighted by atomic mass is 16.5. The molecule has 0 rings (SSSR count). The number of hydrogen-bond acceptors (Lipinski definition) is 5. The molecule has 0 aliphatic carbocycles. The van der Waals surface area contributed by atoms with Crippen LogP contribution in [0.5, 0.6) is 0 Å². The maximum absolute atomic E-state index is 12.5. The van der Waals surface area contributed by atoms with Gasteiger partial charge in [-0.2, -0.15) is 0 Å². The van der Waals surface area contributed by atoms with Crippen LogP contribution < -0.4 is 5.32 Å². The molecule has 0 bridgehead atoms. The van der Waals surface area contributed by atoms with Gasteiger partial charge in [-0.25, -0.2) is 0 Å². The topological polar surface area (TPSA) is 95.9 Å². The Bertz CT molecular complexity index is 1260. The van der Waals surface area contributed by atoms with Crippen LogP contribution in [0.15, 0.2) is 12.2 Å². The van der Waals surface area contributed by atoms with Crippen LogP contribution >= 0.6 is 0 Å². The van der Waals surface area contributed by atoms with Crippen LogP contribution in [0.2, 0.25) is 0 Å². The average molecular weight is 1170 g/mol. The van der Waals surface area contributed by atoms with Crippen molar-refractivity contribution in [3.05, 3.63) is 12.2 Å². The summed E-state index contributed by atoms with van der Waals surface area (Å²) >= 11 is 0. The molecular formula is C77H151NO5. The smallest absolute Gasteiger partial charge is 0.305 e. The molecule has 2 unspecified atom stereocenters. The third-order valence-corrected chi connectivity index (χ3v) is 18.3. The predicted octanol–water partition coefficient (Wildman–Crippen LogP) is 25.1. The maximum Gasteiger partial charge on any atom is 0.305 e. The van der Waals surface area contributed by atoms with Gasteiger partial charge in [0.05, 0.1) is 25.4 Å². The van der Waals surface area contributed by atoms with Crippen molar-refractivity contribution in [1.29, 1.82) is 0 Å². The number of unbranched alkanes of at least 4 members (excludes halogenated alkanes) is 62. The molecule has 3 N–H and O–H groups in total. The molecule has 0 aliphatic rings. The van der Waals surface area contributed by atoms with Crippen molar-refractivity contribution in [3.8, 4) is 0 Å². The van der Waals surface area contributed by atoms with Crippen LogP contribution in [0.1, 0.15) is 444 Å². The highest BCUT2D eigenvalue weighted by Crippen LogP contribution is 2.20. The summed E-state index contributed by atoms with van der Waals surface area (Å²) in [6.07, 6.45) is 91.9. The van der Waals surface area contributed by atoms with Crippen molar-refractivity contribution in [2.45, 2.75) is 456 Å². The zero-order chi connectivity index (χ0) is 59.9. The number of carbonyl (C=O) groups is 2. The quantitative estimate of drug-likeness (QED) is 0.0320. The Balaban J connectivity index is 3.30. The first-order valence-electron chi connectivity index (χ1n) is 38.5. The second-order valence-corrected chi connectivity index (χ2v) is 26.7. The van der Waals surface area contributed by atoms with Gasteiger partial charge in [-0.15, -0.1) is 0 Å². The fraction of sp³-hybridized carbons (Fsp3) is 0.948. The number of aliphatic hydroxyl groups excluding tert-OH is 2. The van der Waals surface area contributed by atoms with Crippen LogP contribution in [0.3, 0.4) is 0 Å². The van der Waals surface area contributed by atoms with Gasteiger partial charge in [-0.1, -0.05) is 411 Å². The van der Waals surface area contributed by atoms with Crippen molar-refractivity contribution in [1.82, 2.24) is 5.32 Å². The minimum Gasteiger partial charge on any atom is -0.466 e. The van der Waals surface area contributed by atoms with E-state index < -0.39 is 12.1 Å². The Morgan fingerprint density at radius 1 is 0.325 bits per heavy atom. The van der Waals surface area contributed by atoms with Crippen LogP contribution in [0.25, 0.3) is 0 Å². The van der Waals surface area contributed by atoms with E-state index >= 15 is 0 Å². The van der Waals surface area contributed by atoms with E-state index in [1.54, 1.807) is 6.08 Å². The van der Waals surface area contributed by atoms with E-state index in [0.29, 0.717) is 19.4 Å². The maximum atomic E-state index is 12.5. The largest absolute Gasteiger partial charge is 0.466 e. The Hall–Kier alpha value is -1.40. The van der Waals surface area contributed by atoms with Crippen LogP contribution in [-0.2, 0) is 14.3 Å². The van der Waals surface area contributed by atoms with Crippen LogP contribution in [0.4, 0.5) is 0 Å². The minimum atomic E-state index is -0.840. The lowest BCUT2D eigenvalue weighted by atomic mass is 10.0. The summed E-state index contributed by atoms with van der Waals surface area (Å²) in [4.78, 5) is 24.6. The first-order valence-corrected chi connectivity index (χ1v) is 38.5. The van der Waals surface area contributed by atoms with Gasteiger partial charge in [0.2, 0.25) is 5.91 Å². The average Bonchev–Trinajstić information content (AvgIpc) is 3.49. The molecule has 0 saturated heterocycles. The molecule has 0 heterocycles. The molecule has 6 nitrogen and oxygen atoms in total. The molecule has 0 fully saturated rings. The summed E-state index contributed by atoms with van der Waals surface area (Å²) in [5.74, 6) is -0.0329. The fourth-order valence-electron chi connectivity index (χ4n) is 12.5. The molecule has 0 spiro atoms. The SMILES string of the molecule is CCCCCCCCCCCCCCCC/C=C/C(O)C(CO)NC(=O)CCCCCCCCCCCCCCCCCCCCCCCCCCCCCCCCCCCCCCCOC(=O)CCCCCCCCCCCCCCC. The molecular weight excluding hydrogens is 1020 g/mol. The van der Waals surface area contributed by atoms with Gasteiger partial charge in [0.25, 0.3) is 0 Å². The molecule has 494 valence electrons. The van der Waals surface area contributed by atoms with Gasteiger partial charge in [-0.3, -0.25) is 9.59 Å². The van der Waals surface area contributed by atoms with Gasteiger partial charge in [-0.05, 0) is 32.1 Å². The third-order valence-electron chi connectivity index (χ3n) is 18.3. The monoisotopic (exact) mass is 1170 g/mol. The summed E-state index contributed by atoms with van der Waals surface area (Å²) in [7, 11) is 0. The number of esters is 1. The minimum absolute atomic E-state index is 0.0257. The summed E-state index contributed by atoms with van der Waals surface area (Å²) in [5, 5.41) is 23.2. The zero-order valence-electron chi connectivity index (χ0n) is 56.7. The van der Waals surface area contributed by atoms with Gasteiger partial charge in [0.1, 0.15) is 0 Å². The predicted molar refractivity (Wildman–Crippen MR) is 366 cm³/mol. The number of allylic oxidation sites excluding steroid dienone is 1. The van der Waals surface area contributed by atoms with Gasteiger partial charge < -0.3 is 20.3 Å². The van der Waals surface area contributed by atoms with Gasteiger partial charge >= 0.3 is 5.97 Å². The molecule has 83 heavy (non-hydrogen) atoms. The van der Waals surface area contributed by atoms with Gasteiger partial charge in [0, 0.05) is 12.8 Å². The molecule has 0 radical (unpaired) electrons. The number of ether oxygens (including phenoxy) is 1. The summed E-state index contributed by atoms with van der Waals surface area (Å²) in [5.41, 5.74) is 0. The van der Waals surface area contributed by atoms with Crippen molar-refractivity contribution < 1.29 is 24.5 Å². The van der Waals surface area contributed by atoms with Crippen LogP contribution in [-0.4, -0.2) is 47.4 Å². The standard InChI is InChI=1S/C77H151NO5/c1-3-5-7-9-11-13-15-17-18-42-46-49-53-57-61-65-69-75(80)74(73-79)78-76(81)70-66-62-58-54-50-47-43-40-38-36-34-32-30-28-26-24-22-20-19-21-23-25-27-29-31-33-35-37-39-41-44-48-52-56-60-64-68-72-83-77(82)71-67-63-59-55-51-45-16-14-12-10-8-6-4-2/h65,69,74-75,79-80H,3-64,66-68,70-73H2,1-2H3,(H,78,81)/b69-65+. The first kappa shape index (κ1) is 81.6. The molecule has 0 saturated carbocycles. The highest BCUT2D eigenvalue weighted by Gasteiger charge is 2.18. The lowest BCUT2D eigenvalue weighted by Gasteiger charge is -2.20. The number of rotatable bonds is 73. The molecule has 0 aromatic carbocycles. The number of aliphatic hydroxyl groups is 2.